The largest absolute Gasteiger partial charge is 0.384 e. The van der Waals surface area contributed by atoms with Gasteiger partial charge in [-0.2, -0.15) is 4.98 Å². The second kappa shape index (κ2) is 10.6. The lowest BCUT2D eigenvalue weighted by Gasteiger charge is -2.34. The number of aromatic nitrogens is 3. The average Bonchev–Trinajstić information content (AvgIpc) is 3.36. The highest BCUT2D eigenvalue weighted by atomic mass is 16.2. The van der Waals surface area contributed by atoms with Crippen molar-refractivity contribution in [2.45, 2.75) is 27.3 Å². The van der Waals surface area contributed by atoms with Crippen molar-refractivity contribution in [1.82, 2.24) is 20.3 Å². The maximum absolute atomic E-state index is 13.5. The first-order valence-electron chi connectivity index (χ1n) is 13.8. The Morgan fingerprint density at radius 1 is 1.00 bits per heavy atom. The first-order valence-corrected chi connectivity index (χ1v) is 13.8. The molecular weight excluding hydrogens is 528 g/mol. The second-order valence-corrected chi connectivity index (χ2v) is 11.2. The van der Waals surface area contributed by atoms with Crippen LogP contribution in [0.25, 0.3) is 5.70 Å². The third-order valence-corrected chi connectivity index (χ3v) is 7.37. The molecule has 0 bridgehead atoms. The standard InChI is InChI=1S/C32H32N8O2/c1-20-27(40-18-23-16-34-30(37-24-8-6-5-7-9-24)38-28(23)39(4)31(40)42)14-25(17-33-20)36-29(41)22-12-10-21(11-13-22)26-15-32(2,3)19-35-26/h5-17,35H,18-19H2,1-4H3,(H,36,41)(H,34,37,38). The van der Waals surface area contributed by atoms with Crippen LogP contribution < -0.4 is 25.8 Å². The highest BCUT2D eigenvalue weighted by Crippen LogP contribution is 2.33. The van der Waals surface area contributed by atoms with E-state index >= 15 is 0 Å². The van der Waals surface area contributed by atoms with Crippen molar-refractivity contribution in [1.29, 1.82) is 0 Å². The Kier molecular flexibility index (Phi) is 6.82. The number of amides is 3. The van der Waals surface area contributed by atoms with Gasteiger partial charge in [-0.3, -0.25) is 19.6 Å². The first kappa shape index (κ1) is 26.9. The van der Waals surface area contributed by atoms with Crippen LogP contribution in [0.5, 0.6) is 0 Å². The summed E-state index contributed by atoms with van der Waals surface area (Å²) < 4.78 is 0. The number of carbonyl (C=O) groups is 2. The van der Waals surface area contributed by atoms with Gasteiger partial charge in [0.2, 0.25) is 5.95 Å². The maximum atomic E-state index is 13.5. The molecule has 10 nitrogen and oxygen atoms in total. The van der Waals surface area contributed by atoms with E-state index in [1.165, 1.54) is 4.90 Å². The van der Waals surface area contributed by atoms with E-state index in [2.05, 4.69) is 50.8 Å². The van der Waals surface area contributed by atoms with E-state index < -0.39 is 0 Å². The van der Waals surface area contributed by atoms with E-state index in [9.17, 15) is 9.59 Å². The van der Waals surface area contributed by atoms with Crippen LogP contribution in [-0.4, -0.2) is 40.5 Å². The summed E-state index contributed by atoms with van der Waals surface area (Å²) in [6.07, 6.45) is 5.53. The number of fused-ring (bicyclic) bond motifs is 1. The number of carbonyl (C=O) groups excluding carboxylic acids is 2. The zero-order valence-electron chi connectivity index (χ0n) is 24.0. The lowest BCUT2D eigenvalue weighted by Crippen LogP contribution is -2.46. The minimum absolute atomic E-state index is 0.101. The van der Waals surface area contributed by atoms with Gasteiger partial charge in [0.1, 0.15) is 5.82 Å². The Hall–Kier alpha value is -5.25. The van der Waals surface area contributed by atoms with Gasteiger partial charge in [0.25, 0.3) is 5.91 Å². The molecule has 42 heavy (non-hydrogen) atoms. The van der Waals surface area contributed by atoms with Gasteiger partial charge in [0.15, 0.2) is 0 Å². The molecule has 3 amide bonds. The summed E-state index contributed by atoms with van der Waals surface area (Å²) in [5.74, 6) is 0.685. The van der Waals surface area contributed by atoms with E-state index in [0.29, 0.717) is 34.4 Å². The zero-order chi connectivity index (χ0) is 29.4. The summed E-state index contributed by atoms with van der Waals surface area (Å²) in [6, 6.07) is 18.6. The van der Waals surface area contributed by atoms with Crippen molar-refractivity contribution >= 4 is 46.5 Å². The van der Waals surface area contributed by atoms with Crippen molar-refractivity contribution < 1.29 is 9.59 Å². The summed E-state index contributed by atoms with van der Waals surface area (Å²) in [5, 5.41) is 9.52. The SMILES string of the molecule is Cc1ncc(NC(=O)c2ccc(C3=CC(C)(C)CN3)cc2)cc1N1Cc2cnc(Nc3ccccc3)nc2N(C)C1=O. The Labute approximate surface area is 244 Å². The quantitative estimate of drug-likeness (QED) is 0.276. The molecule has 0 aliphatic carbocycles. The Balaban J connectivity index is 1.19. The number of urea groups is 1. The van der Waals surface area contributed by atoms with Crippen molar-refractivity contribution in [3.05, 3.63) is 102 Å². The van der Waals surface area contributed by atoms with Gasteiger partial charge in [-0.05, 0) is 42.8 Å². The summed E-state index contributed by atoms with van der Waals surface area (Å²) in [7, 11) is 1.68. The van der Waals surface area contributed by atoms with Crippen molar-refractivity contribution in [2.24, 2.45) is 5.41 Å². The highest BCUT2D eigenvalue weighted by molar-refractivity contribution is 6.07. The zero-order valence-corrected chi connectivity index (χ0v) is 24.0. The predicted octanol–water partition coefficient (Wildman–Crippen LogP) is 5.72. The molecule has 0 saturated heterocycles. The van der Waals surface area contributed by atoms with Crippen molar-refractivity contribution in [2.75, 3.05) is 34.0 Å². The molecule has 2 aliphatic heterocycles. The lowest BCUT2D eigenvalue weighted by molar-refractivity contribution is 0.102. The third kappa shape index (κ3) is 5.38. The molecule has 0 spiro atoms. The number of nitrogens with zero attached hydrogens (tertiary/aromatic N) is 5. The summed E-state index contributed by atoms with van der Waals surface area (Å²) >= 11 is 0. The molecule has 3 N–H and O–H groups in total. The maximum Gasteiger partial charge on any atom is 0.330 e. The molecular formula is C32H32N8O2. The van der Waals surface area contributed by atoms with Crippen LogP contribution in [-0.2, 0) is 6.54 Å². The number of rotatable bonds is 6. The fourth-order valence-electron chi connectivity index (χ4n) is 5.08. The molecule has 6 rings (SSSR count). The van der Waals surface area contributed by atoms with E-state index in [4.69, 9.17) is 0 Å². The minimum atomic E-state index is -0.258. The number of anilines is 5. The molecule has 0 unspecified atom stereocenters. The van der Waals surface area contributed by atoms with Crippen LogP contribution in [0, 0.1) is 12.3 Å². The van der Waals surface area contributed by atoms with Crippen LogP contribution in [0.4, 0.5) is 33.6 Å². The molecule has 0 atom stereocenters. The number of para-hydroxylation sites is 1. The van der Waals surface area contributed by atoms with E-state index in [1.54, 1.807) is 30.4 Å². The van der Waals surface area contributed by atoms with Crippen molar-refractivity contribution in [3.63, 3.8) is 0 Å². The smallest absolute Gasteiger partial charge is 0.330 e. The first-order chi connectivity index (χ1) is 20.2. The second-order valence-electron chi connectivity index (χ2n) is 11.2. The Bertz CT molecular complexity index is 1700. The molecule has 0 saturated carbocycles. The molecule has 2 aromatic carbocycles. The molecule has 10 heteroatoms. The number of hydrogen-bond donors (Lipinski definition) is 3. The van der Waals surface area contributed by atoms with Gasteiger partial charge >= 0.3 is 6.03 Å². The van der Waals surface area contributed by atoms with Crippen LogP contribution in [0.2, 0.25) is 0 Å². The predicted molar refractivity (Wildman–Crippen MR) is 165 cm³/mol. The van der Waals surface area contributed by atoms with Gasteiger partial charge in [-0.1, -0.05) is 50.3 Å². The molecule has 212 valence electrons. The molecule has 2 aliphatic rings. The normalized spacial score (nSPS) is 15.5. The van der Waals surface area contributed by atoms with Gasteiger partial charge < -0.3 is 16.0 Å². The number of hydrogen-bond acceptors (Lipinski definition) is 7. The van der Waals surface area contributed by atoms with Gasteiger partial charge in [0, 0.05) is 47.7 Å². The lowest BCUT2D eigenvalue weighted by atomic mass is 9.95. The van der Waals surface area contributed by atoms with Crippen molar-refractivity contribution in [3.8, 4) is 0 Å². The monoisotopic (exact) mass is 560 g/mol. The van der Waals surface area contributed by atoms with E-state index in [1.807, 2.05) is 61.5 Å². The fraction of sp³-hybridized carbons (Fsp3) is 0.219. The number of nitrogens with one attached hydrogen (secondary N) is 3. The topological polar surface area (TPSA) is 115 Å². The van der Waals surface area contributed by atoms with Crippen LogP contribution >= 0.6 is 0 Å². The van der Waals surface area contributed by atoms with E-state index in [-0.39, 0.29) is 23.9 Å². The van der Waals surface area contributed by atoms with Crippen LogP contribution in [0.15, 0.2) is 79.1 Å². The summed E-state index contributed by atoms with van der Waals surface area (Å²) in [5.41, 5.74) is 6.13. The molecule has 0 fully saturated rings. The minimum Gasteiger partial charge on any atom is -0.384 e. The average molecular weight is 561 g/mol. The van der Waals surface area contributed by atoms with E-state index in [0.717, 1.165) is 29.1 Å². The summed E-state index contributed by atoms with van der Waals surface area (Å²) in [6.45, 7) is 7.35. The van der Waals surface area contributed by atoms with Gasteiger partial charge in [-0.15, -0.1) is 0 Å². The molecule has 0 radical (unpaired) electrons. The number of aryl methyl sites for hydroxylation is 1. The Morgan fingerprint density at radius 3 is 2.48 bits per heavy atom. The fourth-order valence-corrected chi connectivity index (χ4v) is 5.08. The van der Waals surface area contributed by atoms with Crippen LogP contribution in [0.1, 0.15) is 41.0 Å². The molecule has 2 aromatic heterocycles. The molecule has 4 aromatic rings. The third-order valence-electron chi connectivity index (χ3n) is 7.37. The Morgan fingerprint density at radius 2 is 1.76 bits per heavy atom. The number of pyridine rings is 1. The van der Waals surface area contributed by atoms with Crippen LogP contribution in [0.3, 0.4) is 0 Å². The highest BCUT2D eigenvalue weighted by Gasteiger charge is 2.32. The number of benzene rings is 2. The van der Waals surface area contributed by atoms with Gasteiger partial charge in [-0.25, -0.2) is 9.78 Å². The summed E-state index contributed by atoms with van der Waals surface area (Å²) in [4.78, 5) is 43.2. The molecule has 4 heterocycles. The van der Waals surface area contributed by atoms with Gasteiger partial charge in [0.05, 0.1) is 29.8 Å².